The molecule has 0 aromatic heterocycles. The van der Waals surface area contributed by atoms with Crippen molar-refractivity contribution < 1.29 is 44.4 Å². The van der Waals surface area contributed by atoms with Crippen molar-refractivity contribution in [3.05, 3.63) is 47.5 Å². The van der Waals surface area contributed by atoms with Crippen LogP contribution in [0.2, 0.25) is 0 Å². The molecule has 0 fully saturated rings. The van der Waals surface area contributed by atoms with E-state index in [9.17, 15) is 44.4 Å². The van der Waals surface area contributed by atoms with E-state index in [4.69, 9.17) is 0 Å². The fraction of sp³-hybridized carbons (Fsp3) is 0.485. The zero-order chi connectivity index (χ0) is 35.1. The molecule has 0 saturated carbocycles. The van der Waals surface area contributed by atoms with E-state index in [1.54, 1.807) is 0 Å². The third-order valence-corrected chi connectivity index (χ3v) is 7.07. The number of Topliss-reactive ketones (excluding diaryl/α,β-unsaturated/α-hetero) is 1. The third kappa shape index (κ3) is 15.6. The zero-order valence-corrected chi connectivity index (χ0v) is 27.1. The van der Waals surface area contributed by atoms with Crippen molar-refractivity contribution in [3.63, 3.8) is 0 Å². The predicted molar refractivity (Wildman–Crippen MR) is 178 cm³/mol. The molecule has 0 aliphatic rings. The monoisotopic (exact) mass is 672 g/mol. The first-order valence-electron chi connectivity index (χ1n) is 16.1. The molecule has 0 unspecified atom stereocenters. The zero-order valence-electron chi connectivity index (χ0n) is 27.1. The summed E-state index contributed by atoms with van der Waals surface area (Å²) in [5.41, 5.74) is 0.0251. The van der Waals surface area contributed by atoms with Crippen molar-refractivity contribution in [1.29, 1.82) is 0 Å². The largest absolute Gasteiger partial charge is 0.504 e. The molecule has 0 atom stereocenters. The smallest absolute Gasteiger partial charge is 0.255 e. The van der Waals surface area contributed by atoms with E-state index < -0.39 is 40.9 Å². The number of ketones is 1. The Labute approximate surface area is 279 Å². The summed E-state index contributed by atoms with van der Waals surface area (Å²) in [5.74, 6) is -3.83. The molecule has 4 amide bonds. The number of nitrogens with one attached hydrogen (secondary N) is 6. The Bertz CT molecular complexity index is 1260. The van der Waals surface area contributed by atoms with Gasteiger partial charge in [0, 0.05) is 26.2 Å². The summed E-state index contributed by atoms with van der Waals surface area (Å²) < 4.78 is 0. The van der Waals surface area contributed by atoms with E-state index >= 15 is 0 Å². The average molecular weight is 673 g/mol. The number of hydrogen-bond donors (Lipinski definition) is 10. The molecule has 0 heterocycles. The highest BCUT2D eigenvalue weighted by molar-refractivity contribution is 6.06. The number of hydrogen-bond acceptors (Lipinski definition) is 11. The van der Waals surface area contributed by atoms with Crippen LogP contribution in [-0.4, -0.2) is 102 Å². The number of amides is 4. The summed E-state index contributed by atoms with van der Waals surface area (Å²) in [4.78, 5) is 60.2. The van der Waals surface area contributed by atoms with Crippen molar-refractivity contribution in [3.8, 4) is 23.0 Å². The molecule has 2 aromatic rings. The van der Waals surface area contributed by atoms with Crippen LogP contribution in [0.15, 0.2) is 36.4 Å². The number of phenols is 4. The van der Waals surface area contributed by atoms with Crippen LogP contribution in [0, 0.1) is 0 Å². The van der Waals surface area contributed by atoms with Gasteiger partial charge in [0.15, 0.2) is 28.8 Å². The van der Waals surface area contributed by atoms with Gasteiger partial charge in [0.25, 0.3) is 11.8 Å². The minimum absolute atomic E-state index is 0.0126. The molecule has 15 heteroatoms. The number of rotatable bonds is 24. The first kappa shape index (κ1) is 39.3. The second-order valence-corrected chi connectivity index (χ2v) is 11.1. The van der Waals surface area contributed by atoms with Gasteiger partial charge < -0.3 is 52.3 Å². The van der Waals surface area contributed by atoms with Gasteiger partial charge in [-0.1, -0.05) is 12.1 Å². The van der Waals surface area contributed by atoms with Gasteiger partial charge in [-0.15, -0.1) is 0 Å². The molecule has 48 heavy (non-hydrogen) atoms. The lowest BCUT2D eigenvalue weighted by Crippen LogP contribution is -2.31. The van der Waals surface area contributed by atoms with E-state index in [0.717, 1.165) is 12.8 Å². The second-order valence-electron chi connectivity index (χ2n) is 11.1. The van der Waals surface area contributed by atoms with Gasteiger partial charge in [0.1, 0.15) is 0 Å². The van der Waals surface area contributed by atoms with Crippen LogP contribution in [0.1, 0.15) is 72.1 Å². The molecule has 15 nitrogen and oxygen atoms in total. The van der Waals surface area contributed by atoms with Gasteiger partial charge >= 0.3 is 0 Å². The van der Waals surface area contributed by atoms with Crippen LogP contribution in [0.3, 0.4) is 0 Å². The Kier molecular flexibility index (Phi) is 18.5. The predicted octanol–water partition coefficient (Wildman–Crippen LogP) is 0.770. The molecule has 0 aliphatic heterocycles. The maximum Gasteiger partial charge on any atom is 0.255 e. The number of benzene rings is 2. The van der Waals surface area contributed by atoms with E-state index in [2.05, 4.69) is 31.9 Å². The van der Waals surface area contributed by atoms with Crippen molar-refractivity contribution in [1.82, 2.24) is 31.9 Å². The van der Waals surface area contributed by atoms with Crippen molar-refractivity contribution in [2.45, 2.75) is 51.4 Å². The van der Waals surface area contributed by atoms with Crippen molar-refractivity contribution >= 4 is 29.4 Å². The van der Waals surface area contributed by atoms with Crippen LogP contribution in [0.4, 0.5) is 0 Å². The molecule has 0 radical (unpaired) electrons. The molecule has 10 N–H and O–H groups in total. The summed E-state index contributed by atoms with van der Waals surface area (Å²) in [5, 5.41) is 55.6. The fourth-order valence-corrected chi connectivity index (χ4v) is 4.45. The molecule has 0 spiro atoms. The normalized spacial score (nSPS) is 10.7. The number of aromatic hydroxyl groups is 4. The molecule has 0 aliphatic carbocycles. The first-order chi connectivity index (χ1) is 23.1. The lowest BCUT2D eigenvalue weighted by molar-refractivity contribution is -0.131. The summed E-state index contributed by atoms with van der Waals surface area (Å²) in [7, 11) is 0. The van der Waals surface area contributed by atoms with Crippen LogP contribution in [0.25, 0.3) is 0 Å². The molecule has 264 valence electrons. The quantitative estimate of drug-likeness (QED) is 0.0425. The molecule has 2 rings (SSSR count). The van der Waals surface area contributed by atoms with Crippen molar-refractivity contribution in [2.24, 2.45) is 0 Å². The highest BCUT2D eigenvalue weighted by atomic mass is 16.3. The standard InChI is InChI=1S/C33H48N6O9/c40-23(21-28(43)36-17-3-1-13-34-15-7-19-38-32(47)24-9-5-11-26(41)30(24)45)22-29(44)37-18-4-2-14-35-16-8-20-39-33(48)25-10-6-12-27(42)31(25)46/h5-6,9-12,34-35,41-42,45-46H,1-4,7-8,13-22H2,(H,36,43)(H,37,44)(H,38,47)(H,39,48). The van der Waals surface area contributed by atoms with Crippen LogP contribution >= 0.6 is 0 Å². The number of carbonyl (C=O) groups excluding carboxylic acids is 5. The van der Waals surface area contributed by atoms with Gasteiger partial charge in [-0.05, 0) is 89.0 Å². The fourth-order valence-electron chi connectivity index (χ4n) is 4.45. The molecular weight excluding hydrogens is 624 g/mol. The Morgan fingerprint density at radius 3 is 1.23 bits per heavy atom. The number of unbranched alkanes of at least 4 members (excludes halogenated alkanes) is 2. The van der Waals surface area contributed by atoms with Gasteiger partial charge in [0.2, 0.25) is 11.8 Å². The van der Waals surface area contributed by atoms with Crippen LogP contribution in [-0.2, 0) is 14.4 Å². The van der Waals surface area contributed by atoms with Crippen LogP contribution < -0.4 is 31.9 Å². The molecule has 0 bridgehead atoms. The topological polar surface area (TPSA) is 238 Å². The highest BCUT2D eigenvalue weighted by Crippen LogP contribution is 2.28. The number of phenolic OH excluding ortho intramolecular Hbond substituents is 4. The maximum atomic E-state index is 12.1. The molecule has 0 saturated heterocycles. The van der Waals surface area contributed by atoms with Gasteiger partial charge in [-0.2, -0.15) is 0 Å². The first-order valence-corrected chi connectivity index (χ1v) is 16.1. The summed E-state index contributed by atoms with van der Waals surface area (Å²) in [6.07, 6.45) is 3.63. The number of carbonyl (C=O) groups is 5. The lowest BCUT2D eigenvalue weighted by atomic mass is 10.1. The summed E-state index contributed by atoms with van der Waals surface area (Å²) >= 11 is 0. The molecule has 2 aromatic carbocycles. The molecular formula is C33H48N6O9. The SMILES string of the molecule is O=C(CC(=O)NCCCCNCCCNC(=O)c1cccc(O)c1O)CC(=O)NCCCCNCCCNC(=O)c1cccc(O)c1O. The van der Waals surface area contributed by atoms with E-state index in [-0.39, 0.29) is 35.5 Å². The Hall–Kier alpha value is -4.89. The minimum Gasteiger partial charge on any atom is -0.504 e. The summed E-state index contributed by atoms with van der Waals surface area (Å²) in [6, 6.07) is 8.39. The Balaban J connectivity index is 1.36. The lowest BCUT2D eigenvalue weighted by Gasteiger charge is -2.09. The summed E-state index contributed by atoms with van der Waals surface area (Å²) in [6.45, 7) is 4.35. The Morgan fingerprint density at radius 1 is 0.458 bits per heavy atom. The van der Waals surface area contributed by atoms with E-state index in [1.807, 2.05) is 0 Å². The Morgan fingerprint density at radius 2 is 0.812 bits per heavy atom. The van der Waals surface area contributed by atoms with Gasteiger partial charge in [-0.25, -0.2) is 0 Å². The number of para-hydroxylation sites is 2. The minimum atomic E-state index is -0.467. The van der Waals surface area contributed by atoms with Crippen LogP contribution in [0.5, 0.6) is 23.0 Å². The van der Waals surface area contributed by atoms with Gasteiger partial charge in [0.05, 0.1) is 24.0 Å². The van der Waals surface area contributed by atoms with E-state index in [1.165, 1.54) is 36.4 Å². The third-order valence-electron chi connectivity index (χ3n) is 7.07. The van der Waals surface area contributed by atoms with Crippen molar-refractivity contribution in [2.75, 3.05) is 52.4 Å². The van der Waals surface area contributed by atoms with Gasteiger partial charge in [-0.3, -0.25) is 24.0 Å². The maximum absolute atomic E-state index is 12.1. The average Bonchev–Trinajstić information content (AvgIpc) is 3.05. The van der Waals surface area contributed by atoms with E-state index in [0.29, 0.717) is 78.0 Å². The highest BCUT2D eigenvalue weighted by Gasteiger charge is 2.15. The second kappa shape index (κ2) is 22.6.